The summed E-state index contributed by atoms with van der Waals surface area (Å²) < 4.78 is 6.76. The standard InChI is InChI=1S/C17H12BrNO3/c18-15-6-4-14-10-17(7-5-13(14)9-15)22-11-12-2-1-3-16(8-12)19(20)21/h1-10H,11H2. The molecule has 0 atom stereocenters. The molecule has 0 spiro atoms. The van der Waals surface area contributed by atoms with Crippen LogP contribution in [0.25, 0.3) is 10.8 Å². The van der Waals surface area contributed by atoms with Crippen molar-refractivity contribution in [3.63, 3.8) is 0 Å². The molecule has 3 rings (SSSR count). The van der Waals surface area contributed by atoms with E-state index in [0.29, 0.717) is 6.61 Å². The summed E-state index contributed by atoms with van der Waals surface area (Å²) in [5, 5.41) is 13.0. The highest BCUT2D eigenvalue weighted by Crippen LogP contribution is 2.25. The van der Waals surface area contributed by atoms with E-state index in [0.717, 1.165) is 26.6 Å². The average Bonchev–Trinajstić information content (AvgIpc) is 2.53. The van der Waals surface area contributed by atoms with E-state index >= 15 is 0 Å². The van der Waals surface area contributed by atoms with Crippen LogP contribution < -0.4 is 4.74 Å². The summed E-state index contributed by atoms with van der Waals surface area (Å²) in [6, 6.07) is 18.3. The molecule has 22 heavy (non-hydrogen) atoms. The van der Waals surface area contributed by atoms with Crippen molar-refractivity contribution < 1.29 is 9.66 Å². The fourth-order valence-corrected chi connectivity index (χ4v) is 2.59. The van der Waals surface area contributed by atoms with Gasteiger partial charge in [-0.15, -0.1) is 0 Å². The maximum absolute atomic E-state index is 10.8. The highest BCUT2D eigenvalue weighted by atomic mass is 79.9. The third-order valence-corrected chi connectivity index (χ3v) is 3.79. The Labute approximate surface area is 135 Å². The molecule has 0 aliphatic rings. The van der Waals surface area contributed by atoms with Crippen molar-refractivity contribution >= 4 is 32.4 Å². The van der Waals surface area contributed by atoms with Crippen LogP contribution in [0.5, 0.6) is 5.75 Å². The molecule has 0 saturated heterocycles. The van der Waals surface area contributed by atoms with Gasteiger partial charge in [0.15, 0.2) is 0 Å². The quantitative estimate of drug-likeness (QED) is 0.482. The number of nitro benzene ring substituents is 1. The molecule has 0 N–H and O–H groups in total. The van der Waals surface area contributed by atoms with E-state index in [1.54, 1.807) is 6.07 Å². The monoisotopic (exact) mass is 357 g/mol. The average molecular weight is 358 g/mol. The summed E-state index contributed by atoms with van der Waals surface area (Å²) in [4.78, 5) is 10.4. The Bertz CT molecular complexity index is 848. The molecule has 0 bridgehead atoms. The molecule has 0 fully saturated rings. The molecule has 3 aromatic carbocycles. The predicted octanol–water partition coefficient (Wildman–Crippen LogP) is 5.09. The van der Waals surface area contributed by atoms with Crippen molar-refractivity contribution in [2.24, 2.45) is 0 Å². The van der Waals surface area contributed by atoms with Crippen molar-refractivity contribution in [1.82, 2.24) is 0 Å². The second kappa shape index (κ2) is 6.15. The number of rotatable bonds is 4. The molecule has 0 unspecified atom stereocenters. The van der Waals surface area contributed by atoms with Gasteiger partial charge in [-0.1, -0.05) is 40.2 Å². The second-order valence-corrected chi connectivity index (χ2v) is 5.78. The van der Waals surface area contributed by atoms with Crippen molar-refractivity contribution in [2.45, 2.75) is 6.61 Å². The van der Waals surface area contributed by atoms with Crippen LogP contribution in [-0.2, 0) is 6.61 Å². The van der Waals surface area contributed by atoms with E-state index in [-0.39, 0.29) is 5.69 Å². The second-order valence-electron chi connectivity index (χ2n) is 4.87. The fourth-order valence-electron chi connectivity index (χ4n) is 2.21. The van der Waals surface area contributed by atoms with Gasteiger partial charge < -0.3 is 4.74 Å². The molecule has 5 heteroatoms. The normalized spacial score (nSPS) is 10.6. The largest absolute Gasteiger partial charge is 0.489 e. The number of halogens is 1. The molecule has 0 saturated carbocycles. The van der Waals surface area contributed by atoms with Gasteiger partial charge in [-0.3, -0.25) is 10.1 Å². The summed E-state index contributed by atoms with van der Waals surface area (Å²) in [5.41, 5.74) is 0.842. The third-order valence-electron chi connectivity index (χ3n) is 3.30. The maximum Gasteiger partial charge on any atom is 0.269 e. The smallest absolute Gasteiger partial charge is 0.269 e. The van der Waals surface area contributed by atoms with Gasteiger partial charge in [-0.05, 0) is 40.6 Å². The molecule has 0 radical (unpaired) electrons. The Morgan fingerprint density at radius 2 is 1.77 bits per heavy atom. The number of nitro groups is 1. The van der Waals surface area contributed by atoms with Crippen molar-refractivity contribution in [1.29, 1.82) is 0 Å². The van der Waals surface area contributed by atoms with Crippen LogP contribution in [0.2, 0.25) is 0 Å². The first kappa shape index (κ1) is 14.5. The van der Waals surface area contributed by atoms with Gasteiger partial charge in [-0.25, -0.2) is 0 Å². The lowest BCUT2D eigenvalue weighted by Crippen LogP contribution is -1.96. The van der Waals surface area contributed by atoms with Gasteiger partial charge in [-0.2, -0.15) is 0 Å². The van der Waals surface area contributed by atoms with Gasteiger partial charge >= 0.3 is 0 Å². The van der Waals surface area contributed by atoms with Crippen LogP contribution in [0.4, 0.5) is 5.69 Å². The third kappa shape index (κ3) is 3.26. The SMILES string of the molecule is O=[N+]([O-])c1cccc(COc2ccc3cc(Br)ccc3c2)c1. The van der Waals surface area contributed by atoms with Gasteiger partial charge in [0.05, 0.1) is 4.92 Å². The molecule has 0 amide bonds. The number of nitrogens with zero attached hydrogens (tertiary/aromatic N) is 1. The summed E-state index contributed by atoms with van der Waals surface area (Å²) in [5.74, 6) is 0.737. The van der Waals surface area contributed by atoms with Crippen LogP contribution >= 0.6 is 15.9 Å². The number of fused-ring (bicyclic) bond motifs is 1. The first-order chi connectivity index (χ1) is 10.6. The van der Waals surface area contributed by atoms with E-state index in [1.807, 2.05) is 42.5 Å². The Kier molecular flexibility index (Phi) is 4.06. The lowest BCUT2D eigenvalue weighted by Gasteiger charge is -2.08. The van der Waals surface area contributed by atoms with Crippen LogP contribution in [0.3, 0.4) is 0 Å². The molecule has 0 aliphatic heterocycles. The van der Waals surface area contributed by atoms with Gasteiger partial charge in [0, 0.05) is 16.6 Å². The molecule has 3 aromatic rings. The number of ether oxygens (including phenoxy) is 1. The van der Waals surface area contributed by atoms with E-state index < -0.39 is 4.92 Å². The van der Waals surface area contributed by atoms with Crippen molar-refractivity contribution in [3.05, 3.63) is 80.8 Å². The Hall–Kier alpha value is -2.40. The molecule has 0 heterocycles. The zero-order valence-corrected chi connectivity index (χ0v) is 13.1. The Morgan fingerprint density at radius 1 is 1.00 bits per heavy atom. The number of benzene rings is 3. The minimum Gasteiger partial charge on any atom is -0.489 e. The van der Waals surface area contributed by atoms with Gasteiger partial charge in [0.2, 0.25) is 0 Å². The first-order valence-electron chi connectivity index (χ1n) is 6.67. The lowest BCUT2D eigenvalue weighted by molar-refractivity contribution is -0.384. The van der Waals surface area contributed by atoms with Crippen molar-refractivity contribution in [2.75, 3.05) is 0 Å². The summed E-state index contributed by atoms with van der Waals surface area (Å²) >= 11 is 3.44. The van der Waals surface area contributed by atoms with Crippen LogP contribution in [-0.4, -0.2) is 4.92 Å². The minimum atomic E-state index is -0.405. The zero-order valence-electron chi connectivity index (χ0n) is 11.5. The summed E-state index contributed by atoms with van der Waals surface area (Å²) in [6.07, 6.45) is 0. The predicted molar refractivity (Wildman–Crippen MR) is 89.1 cm³/mol. The highest BCUT2D eigenvalue weighted by Gasteiger charge is 2.06. The Balaban J connectivity index is 1.77. The molecular formula is C17H12BrNO3. The fraction of sp³-hybridized carbons (Fsp3) is 0.0588. The van der Waals surface area contributed by atoms with E-state index in [1.165, 1.54) is 12.1 Å². The molecule has 4 nitrogen and oxygen atoms in total. The van der Waals surface area contributed by atoms with Crippen LogP contribution in [0.15, 0.2) is 65.1 Å². The van der Waals surface area contributed by atoms with Gasteiger partial charge in [0.25, 0.3) is 5.69 Å². The minimum absolute atomic E-state index is 0.0736. The molecule has 0 aromatic heterocycles. The van der Waals surface area contributed by atoms with E-state index in [4.69, 9.17) is 4.74 Å². The van der Waals surface area contributed by atoms with Crippen LogP contribution in [0.1, 0.15) is 5.56 Å². The molecular weight excluding hydrogens is 346 g/mol. The van der Waals surface area contributed by atoms with E-state index in [9.17, 15) is 10.1 Å². The number of non-ortho nitro benzene ring substituents is 1. The highest BCUT2D eigenvalue weighted by molar-refractivity contribution is 9.10. The summed E-state index contributed by atoms with van der Waals surface area (Å²) in [6.45, 7) is 0.295. The Morgan fingerprint density at radius 3 is 2.59 bits per heavy atom. The molecule has 110 valence electrons. The summed E-state index contributed by atoms with van der Waals surface area (Å²) in [7, 11) is 0. The number of hydrogen-bond acceptors (Lipinski definition) is 3. The topological polar surface area (TPSA) is 52.4 Å². The maximum atomic E-state index is 10.8. The van der Waals surface area contributed by atoms with Crippen LogP contribution in [0, 0.1) is 10.1 Å². The first-order valence-corrected chi connectivity index (χ1v) is 7.46. The zero-order chi connectivity index (χ0) is 15.5. The lowest BCUT2D eigenvalue weighted by atomic mass is 10.1. The van der Waals surface area contributed by atoms with E-state index in [2.05, 4.69) is 15.9 Å². The van der Waals surface area contributed by atoms with Crippen molar-refractivity contribution in [3.8, 4) is 5.75 Å². The number of hydrogen-bond donors (Lipinski definition) is 0. The molecule has 0 aliphatic carbocycles. The van der Waals surface area contributed by atoms with Gasteiger partial charge in [0.1, 0.15) is 12.4 Å².